The Kier molecular flexibility index (Phi) is 4.44. The van der Waals surface area contributed by atoms with Crippen LogP contribution in [-0.4, -0.2) is 26.5 Å². The zero-order valence-electron chi connectivity index (χ0n) is 16.1. The second-order valence-electron chi connectivity index (χ2n) is 7.90. The summed E-state index contributed by atoms with van der Waals surface area (Å²) in [6.45, 7) is 0. The molecule has 2 aromatic heterocycles. The quantitative estimate of drug-likeness (QED) is 0.678. The number of hydrogen-bond donors (Lipinski definition) is 2. The van der Waals surface area contributed by atoms with Gasteiger partial charge in [0.05, 0.1) is 10.9 Å². The Balaban J connectivity index is 1.36. The highest BCUT2D eigenvalue weighted by atomic mass is 16.1. The first-order valence-electron chi connectivity index (χ1n) is 10.2. The number of anilines is 1. The summed E-state index contributed by atoms with van der Waals surface area (Å²) < 4.78 is 2.23. The summed E-state index contributed by atoms with van der Waals surface area (Å²) in [4.78, 5) is 20.9. The number of fused-ring (bicyclic) bond motifs is 1. The molecule has 6 heteroatoms. The van der Waals surface area contributed by atoms with Crippen LogP contribution in [0.25, 0.3) is 11.0 Å². The van der Waals surface area contributed by atoms with E-state index in [1.165, 1.54) is 19.2 Å². The molecule has 0 saturated heterocycles. The van der Waals surface area contributed by atoms with Crippen molar-refractivity contribution in [3.8, 4) is 11.8 Å². The number of nitrogens with two attached hydrogens (primary N) is 1. The smallest absolute Gasteiger partial charge is 0.251 e. The van der Waals surface area contributed by atoms with E-state index in [0.717, 1.165) is 35.9 Å². The molecule has 0 spiro atoms. The van der Waals surface area contributed by atoms with Gasteiger partial charge >= 0.3 is 0 Å². The van der Waals surface area contributed by atoms with E-state index in [1.807, 2.05) is 30.3 Å². The fraction of sp³-hybridized carbons (Fsp3) is 0.348. The number of rotatable bonds is 3. The summed E-state index contributed by atoms with van der Waals surface area (Å²) in [6, 6.07) is 9.84. The Labute approximate surface area is 169 Å². The Morgan fingerprint density at radius 1 is 1.17 bits per heavy atom. The van der Waals surface area contributed by atoms with Crippen molar-refractivity contribution in [3.63, 3.8) is 0 Å². The zero-order valence-corrected chi connectivity index (χ0v) is 16.1. The van der Waals surface area contributed by atoms with Crippen molar-refractivity contribution in [1.82, 2.24) is 19.9 Å². The number of nitrogens with zero attached hydrogens (tertiary/aromatic N) is 3. The predicted octanol–water partition coefficient (Wildman–Crippen LogP) is 3.30. The summed E-state index contributed by atoms with van der Waals surface area (Å²) in [7, 11) is 0. The maximum absolute atomic E-state index is 12.3. The standard InChI is InChI=1S/C23H23N5O/c24-21-20-17(13-28(18-8-4-5-9-18)22(20)26-14-25-21)11-10-16-12-19(16)27-23(29)15-6-2-1-3-7-15/h1-3,6-7,13-14,16,18-19H,4-5,8-9,12H2,(H,27,29)(H2,24,25,26). The van der Waals surface area contributed by atoms with Crippen LogP contribution in [0.4, 0.5) is 5.82 Å². The number of nitrogen functional groups attached to an aromatic ring is 1. The van der Waals surface area contributed by atoms with E-state index in [1.54, 1.807) is 0 Å². The van der Waals surface area contributed by atoms with Gasteiger partial charge < -0.3 is 15.6 Å². The number of nitrogens with one attached hydrogen (secondary N) is 1. The summed E-state index contributed by atoms with van der Waals surface area (Å²) >= 11 is 0. The van der Waals surface area contributed by atoms with Crippen LogP contribution in [0.3, 0.4) is 0 Å². The van der Waals surface area contributed by atoms with E-state index in [-0.39, 0.29) is 17.9 Å². The number of aromatic nitrogens is 3. The Morgan fingerprint density at radius 3 is 2.76 bits per heavy atom. The molecule has 2 heterocycles. The van der Waals surface area contributed by atoms with Gasteiger partial charge in [-0.15, -0.1) is 0 Å². The van der Waals surface area contributed by atoms with Crippen molar-refractivity contribution in [2.45, 2.75) is 44.2 Å². The molecule has 29 heavy (non-hydrogen) atoms. The summed E-state index contributed by atoms with van der Waals surface area (Å²) in [6.07, 6.45) is 9.30. The van der Waals surface area contributed by atoms with Gasteiger partial charge in [-0.2, -0.15) is 0 Å². The number of hydrogen-bond acceptors (Lipinski definition) is 4. The summed E-state index contributed by atoms with van der Waals surface area (Å²) in [5.41, 5.74) is 8.59. The molecule has 1 amide bonds. The van der Waals surface area contributed by atoms with Crippen molar-refractivity contribution in [2.24, 2.45) is 5.92 Å². The molecule has 0 radical (unpaired) electrons. The van der Waals surface area contributed by atoms with Gasteiger partial charge in [0.2, 0.25) is 0 Å². The highest BCUT2D eigenvalue weighted by Gasteiger charge is 2.37. The lowest BCUT2D eigenvalue weighted by Gasteiger charge is -2.12. The number of amides is 1. The van der Waals surface area contributed by atoms with Crippen LogP contribution in [0.1, 0.15) is 54.1 Å². The lowest BCUT2D eigenvalue weighted by Crippen LogP contribution is -2.26. The van der Waals surface area contributed by atoms with E-state index < -0.39 is 0 Å². The topological polar surface area (TPSA) is 85.8 Å². The molecule has 0 aliphatic heterocycles. The molecule has 6 nitrogen and oxygen atoms in total. The van der Waals surface area contributed by atoms with E-state index >= 15 is 0 Å². The predicted molar refractivity (Wildman–Crippen MR) is 112 cm³/mol. The highest BCUT2D eigenvalue weighted by molar-refractivity contribution is 5.94. The molecule has 2 atom stereocenters. The van der Waals surface area contributed by atoms with E-state index in [9.17, 15) is 4.79 Å². The van der Waals surface area contributed by atoms with Gasteiger partial charge in [0, 0.05) is 29.8 Å². The largest absolute Gasteiger partial charge is 0.383 e. The average Bonchev–Trinajstić information content (AvgIpc) is 3.12. The molecule has 2 fully saturated rings. The monoisotopic (exact) mass is 385 g/mol. The lowest BCUT2D eigenvalue weighted by atomic mass is 10.2. The van der Waals surface area contributed by atoms with Crippen LogP contribution in [0.15, 0.2) is 42.9 Å². The summed E-state index contributed by atoms with van der Waals surface area (Å²) in [5.74, 6) is 7.20. The molecule has 0 bridgehead atoms. The normalized spacial score (nSPS) is 21.0. The highest BCUT2D eigenvalue weighted by Crippen LogP contribution is 2.35. The second kappa shape index (κ2) is 7.25. The minimum absolute atomic E-state index is 0.0459. The fourth-order valence-corrected chi connectivity index (χ4v) is 4.19. The number of benzene rings is 1. The van der Waals surface area contributed by atoms with Crippen molar-refractivity contribution < 1.29 is 4.79 Å². The third-order valence-electron chi connectivity index (χ3n) is 5.89. The van der Waals surface area contributed by atoms with Crippen molar-refractivity contribution >= 4 is 22.8 Å². The Bertz CT molecular complexity index is 1120. The van der Waals surface area contributed by atoms with Gasteiger partial charge in [-0.1, -0.05) is 42.9 Å². The van der Waals surface area contributed by atoms with Crippen LogP contribution < -0.4 is 11.1 Å². The van der Waals surface area contributed by atoms with E-state index in [0.29, 0.717) is 17.4 Å². The maximum atomic E-state index is 12.3. The van der Waals surface area contributed by atoms with Crippen LogP contribution >= 0.6 is 0 Å². The van der Waals surface area contributed by atoms with Gasteiger partial charge in [0.1, 0.15) is 17.8 Å². The third-order valence-corrected chi connectivity index (χ3v) is 5.89. The van der Waals surface area contributed by atoms with Crippen molar-refractivity contribution in [2.75, 3.05) is 5.73 Å². The molecular weight excluding hydrogens is 362 g/mol. The molecule has 2 aliphatic rings. The molecule has 2 saturated carbocycles. The molecular formula is C23H23N5O. The van der Waals surface area contributed by atoms with Crippen LogP contribution in [0.5, 0.6) is 0 Å². The molecule has 146 valence electrons. The first kappa shape index (κ1) is 17.7. The van der Waals surface area contributed by atoms with Gasteiger partial charge in [-0.05, 0) is 31.4 Å². The van der Waals surface area contributed by atoms with Crippen LogP contribution in [-0.2, 0) is 0 Å². The molecule has 5 rings (SSSR count). The minimum Gasteiger partial charge on any atom is -0.383 e. The Morgan fingerprint density at radius 2 is 1.97 bits per heavy atom. The fourth-order valence-electron chi connectivity index (χ4n) is 4.19. The van der Waals surface area contributed by atoms with Crippen LogP contribution in [0, 0.1) is 17.8 Å². The summed E-state index contributed by atoms with van der Waals surface area (Å²) in [5, 5.41) is 3.90. The molecule has 1 aromatic carbocycles. The first-order chi connectivity index (χ1) is 14.2. The average molecular weight is 385 g/mol. The molecule has 3 N–H and O–H groups in total. The van der Waals surface area contributed by atoms with E-state index in [2.05, 4.69) is 37.9 Å². The number of carbonyl (C=O) groups is 1. The van der Waals surface area contributed by atoms with Crippen molar-refractivity contribution in [1.29, 1.82) is 0 Å². The third kappa shape index (κ3) is 3.44. The minimum atomic E-state index is -0.0459. The van der Waals surface area contributed by atoms with Gasteiger partial charge in [0.25, 0.3) is 5.91 Å². The Hall–Kier alpha value is -3.33. The molecule has 2 unspecified atom stereocenters. The van der Waals surface area contributed by atoms with E-state index in [4.69, 9.17) is 5.73 Å². The maximum Gasteiger partial charge on any atom is 0.251 e. The van der Waals surface area contributed by atoms with Gasteiger partial charge in [0.15, 0.2) is 0 Å². The SMILES string of the molecule is Nc1ncnc2c1c(C#CC1CC1NC(=O)c1ccccc1)cn2C1CCCC1. The number of carbonyl (C=O) groups excluding carboxylic acids is 1. The second-order valence-corrected chi connectivity index (χ2v) is 7.90. The molecule has 2 aliphatic carbocycles. The van der Waals surface area contributed by atoms with Gasteiger partial charge in [-0.25, -0.2) is 9.97 Å². The van der Waals surface area contributed by atoms with Gasteiger partial charge in [-0.3, -0.25) is 4.79 Å². The molecule has 3 aromatic rings. The first-order valence-corrected chi connectivity index (χ1v) is 10.2. The van der Waals surface area contributed by atoms with Crippen molar-refractivity contribution in [3.05, 3.63) is 54.0 Å². The zero-order chi connectivity index (χ0) is 19.8. The van der Waals surface area contributed by atoms with Crippen LogP contribution in [0.2, 0.25) is 0 Å². The lowest BCUT2D eigenvalue weighted by molar-refractivity contribution is 0.0950.